The minimum atomic E-state index is -0.718. The highest BCUT2D eigenvalue weighted by atomic mass is 19.1. The summed E-state index contributed by atoms with van der Waals surface area (Å²) < 4.78 is 29.6. The van der Waals surface area contributed by atoms with E-state index in [9.17, 15) is 9.50 Å². The highest BCUT2D eigenvalue weighted by Gasteiger charge is 2.48. The third kappa shape index (κ3) is 4.45. The Bertz CT molecular complexity index is 1490. The smallest absolute Gasteiger partial charge is 0.133 e. The molecule has 41 heavy (non-hydrogen) atoms. The van der Waals surface area contributed by atoms with Gasteiger partial charge in [0, 0.05) is 72.2 Å². The number of pyridine rings is 1. The zero-order valence-corrected chi connectivity index (χ0v) is 23.6. The lowest BCUT2D eigenvalue weighted by atomic mass is 9.87. The maximum absolute atomic E-state index is 15.1. The Morgan fingerprint density at radius 2 is 1.88 bits per heavy atom. The Hall–Kier alpha value is -2.97. The third-order valence-electron chi connectivity index (χ3n) is 10.6. The molecule has 4 fully saturated rings. The number of aromatic nitrogens is 1. The SMILES string of the molecule is Oc1cc(N2CCc3c(N4CC5CCC(C4)N5)cc(CC[C@@]45CCCN4C[C@H](F)C5)nc3C2)c2c(F)cccc2c1. The Morgan fingerprint density at radius 1 is 1.02 bits per heavy atom. The number of rotatable bonds is 5. The van der Waals surface area contributed by atoms with E-state index in [0.29, 0.717) is 42.4 Å². The van der Waals surface area contributed by atoms with Crippen molar-refractivity contribution in [2.75, 3.05) is 42.5 Å². The van der Waals surface area contributed by atoms with E-state index < -0.39 is 6.17 Å². The van der Waals surface area contributed by atoms with Crippen LogP contribution >= 0.6 is 0 Å². The lowest BCUT2D eigenvalue weighted by molar-refractivity contribution is 0.182. The number of nitrogens with one attached hydrogen (secondary N) is 1. The van der Waals surface area contributed by atoms with Crippen LogP contribution in [-0.2, 0) is 19.4 Å². The van der Waals surface area contributed by atoms with Gasteiger partial charge in [0.2, 0.25) is 0 Å². The summed E-state index contributed by atoms with van der Waals surface area (Å²) in [5.74, 6) is -0.129. The van der Waals surface area contributed by atoms with Crippen molar-refractivity contribution in [3.63, 3.8) is 0 Å². The van der Waals surface area contributed by atoms with E-state index in [1.54, 1.807) is 18.2 Å². The third-order valence-corrected chi connectivity index (χ3v) is 10.6. The summed E-state index contributed by atoms with van der Waals surface area (Å²) in [7, 11) is 0. The summed E-state index contributed by atoms with van der Waals surface area (Å²) in [5.41, 5.74) is 5.46. The molecule has 5 aliphatic heterocycles. The molecule has 4 saturated heterocycles. The van der Waals surface area contributed by atoms with Gasteiger partial charge in [-0.25, -0.2) is 8.78 Å². The molecule has 1 aromatic heterocycles. The number of halogens is 2. The van der Waals surface area contributed by atoms with Gasteiger partial charge in [-0.1, -0.05) is 12.1 Å². The Balaban J connectivity index is 1.15. The average molecular weight is 560 g/mol. The van der Waals surface area contributed by atoms with E-state index in [-0.39, 0.29) is 17.1 Å². The molecule has 0 radical (unpaired) electrons. The maximum atomic E-state index is 15.1. The number of alkyl halides is 1. The van der Waals surface area contributed by atoms with Crippen LogP contribution in [0.1, 0.15) is 55.5 Å². The Morgan fingerprint density at radius 3 is 2.73 bits per heavy atom. The van der Waals surface area contributed by atoms with Crippen molar-refractivity contribution >= 4 is 22.1 Å². The van der Waals surface area contributed by atoms with Gasteiger partial charge in [0.05, 0.1) is 17.9 Å². The van der Waals surface area contributed by atoms with Gasteiger partial charge in [0.15, 0.2) is 0 Å². The second-order valence-corrected chi connectivity index (χ2v) is 13.2. The summed E-state index contributed by atoms with van der Waals surface area (Å²) in [6.07, 6.45) is 7.23. The van der Waals surface area contributed by atoms with Gasteiger partial charge in [-0.3, -0.25) is 9.88 Å². The van der Waals surface area contributed by atoms with Crippen molar-refractivity contribution in [2.24, 2.45) is 0 Å². The summed E-state index contributed by atoms with van der Waals surface area (Å²) in [5, 5.41) is 15.5. The summed E-state index contributed by atoms with van der Waals surface area (Å²) >= 11 is 0. The number of phenols is 1. The van der Waals surface area contributed by atoms with Crippen LogP contribution in [0.4, 0.5) is 20.2 Å². The molecule has 8 heteroatoms. The number of aromatic hydroxyl groups is 1. The van der Waals surface area contributed by atoms with Gasteiger partial charge in [-0.05, 0) is 81.5 Å². The molecule has 2 aromatic carbocycles. The Labute approximate surface area is 240 Å². The lowest BCUT2D eigenvalue weighted by Gasteiger charge is -2.39. The van der Waals surface area contributed by atoms with Crippen molar-refractivity contribution in [3.05, 3.63) is 59.2 Å². The van der Waals surface area contributed by atoms with Gasteiger partial charge < -0.3 is 20.2 Å². The molecule has 2 N–H and O–H groups in total. The van der Waals surface area contributed by atoms with E-state index in [4.69, 9.17) is 4.98 Å². The fraction of sp³-hybridized carbons (Fsp3) is 0.545. The van der Waals surface area contributed by atoms with Crippen molar-refractivity contribution in [1.29, 1.82) is 0 Å². The normalized spacial score (nSPS) is 29.4. The van der Waals surface area contributed by atoms with Crippen molar-refractivity contribution < 1.29 is 13.9 Å². The van der Waals surface area contributed by atoms with Crippen LogP contribution < -0.4 is 15.1 Å². The van der Waals surface area contributed by atoms with E-state index in [2.05, 4.69) is 26.1 Å². The van der Waals surface area contributed by atoms with Crippen LogP contribution in [0.15, 0.2) is 36.4 Å². The largest absolute Gasteiger partial charge is 0.508 e. The predicted octanol–water partition coefficient (Wildman–Crippen LogP) is 5.09. The van der Waals surface area contributed by atoms with Crippen LogP contribution in [0.2, 0.25) is 0 Å². The fourth-order valence-corrected chi connectivity index (χ4v) is 8.75. The van der Waals surface area contributed by atoms with E-state index in [1.165, 1.54) is 30.2 Å². The minimum absolute atomic E-state index is 0.0185. The number of hydrogen-bond acceptors (Lipinski definition) is 6. The zero-order valence-electron chi connectivity index (χ0n) is 23.6. The molecular formula is C33H39F2N5O. The molecule has 0 spiro atoms. The first kappa shape index (κ1) is 25.7. The molecule has 216 valence electrons. The monoisotopic (exact) mass is 559 g/mol. The van der Waals surface area contributed by atoms with Crippen LogP contribution in [-0.4, -0.2) is 71.5 Å². The van der Waals surface area contributed by atoms with Crippen LogP contribution in [0.5, 0.6) is 5.75 Å². The average Bonchev–Trinajstić information content (AvgIpc) is 3.61. The van der Waals surface area contributed by atoms with Gasteiger partial charge in [0.1, 0.15) is 17.7 Å². The van der Waals surface area contributed by atoms with E-state index >= 15 is 4.39 Å². The molecule has 2 bridgehead atoms. The number of piperazine rings is 1. The molecule has 3 aromatic rings. The highest BCUT2D eigenvalue weighted by Crippen LogP contribution is 2.44. The number of phenolic OH excluding ortho intramolecular Hbond substituents is 1. The predicted molar refractivity (Wildman–Crippen MR) is 158 cm³/mol. The fourth-order valence-electron chi connectivity index (χ4n) is 8.75. The van der Waals surface area contributed by atoms with Crippen LogP contribution in [0.25, 0.3) is 10.8 Å². The zero-order chi connectivity index (χ0) is 27.7. The van der Waals surface area contributed by atoms with E-state index in [0.717, 1.165) is 75.4 Å². The van der Waals surface area contributed by atoms with Gasteiger partial charge >= 0.3 is 0 Å². The summed E-state index contributed by atoms with van der Waals surface area (Å²) in [6, 6.07) is 11.8. The molecular weight excluding hydrogens is 520 g/mol. The summed E-state index contributed by atoms with van der Waals surface area (Å²) in [4.78, 5) is 12.4. The van der Waals surface area contributed by atoms with Crippen LogP contribution in [0.3, 0.4) is 0 Å². The first-order valence-corrected chi connectivity index (χ1v) is 15.5. The van der Waals surface area contributed by atoms with Gasteiger partial charge in [-0.15, -0.1) is 0 Å². The second-order valence-electron chi connectivity index (χ2n) is 13.2. The first-order chi connectivity index (χ1) is 19.9. The molecule has 2 unspecified atom stereocenters. The highest BCUT2D eigenvalue weighted by molar-refractivity contribution is 5.96. The molecule has 0 amide bonds. The minimum Gasteiger partial charge on any atom is -0.508 e. The second kappa shape index (κ2) is 9.80. The van der Waals surface area contributed by atoms with Crippen LogP contribution in [0, 0.1) is 5.82 Å². The van der Waals surface area contributed by atoms with Gasteiger partial charge in [-0.2, -0.15) is 0 Å². The molecule has 6 heterocycles. The number of benzene rings is 2. The van der Waals surface area contributed by atoms with Gasteiger partial charge in [0.25, 0.3) is 0 Å². The van der Waals surface area contributed by atoms with Crippen molar-refractivity contribution in [3.8, 4) is 5.75 Å². The topological polar surface area (TPSA) is 54.9 Å². The first-order valence-electron chi connectivity index (χ1n) is 15.5. The number of aryl methyl sites for hydroxylation is 1. The number of anilines is 2. The molecule has 5 aliphatic rings. The lowest BCUT2D eigenvalue weighted by Crippen LogP contribution is -2.51. The Kier molecular flexibility index (Phi) is 6.15. The summed E-state index contributed by atoms with van der Waals surface area (Å²) in [6.45, 7) is 4.93. The maximum Gasteiger partial charge on any atom is 0.133 e. The molecule has 4 atom stereocenters. The number of hydrogen-bond donors (Lipinski definition) is 2. The van der Waals surface area contributed by atoms with Crippen molar-refractivity contribution in [1.82, 2.24) is 15.2 Å². The molecule has 6 nitrogen and oxygen atoms in total. The molecule has 0 saturated carbocycles. The van der Waals surface area contributed by atoms with Crippen molar-refractivity contribution in [2.45, 2.75) is 81.7 Å². The standard InChI is InChI=1S/C33H39F2N5O/c34-22-16-33(9-2-11-40(33)17-22)10-7-23-14-30(39-18-24-5-6-25(19-39)36-24)27-8-12-38(20-29(27)37-23)31-15-26(41)13-21-3-1-4-28(35)32(21)31/h1,3-4,13-15,22,24-25,36,41H,2,5-12,16-20H2/t22-,24?,25?,33-/m1/s1. The molecule has 8 rings (SSSR count). The number of fused-ring (bicyclic) bond motifs is 5. The van der Waals surface area contributed by atoms with E-state index in [1.807, 2.05) is 6.07 Å². The quantitative estimate of drug-likeness (QED) is 0.454. The molecule has 0 aliphatic carbocycles. The number of nitrogens with zero attached hydrogens (tertiary/aromatic N) is 4.